The Labute approximate surface area is 156 Å². The third-order valence-electron chi connectivity index (χ3n) is 4.08. The molecule has 1 aromatic heterocycles. The summed E-state index contributed by atoms with van der Waals surface area (Å²) in [6.45, 7) is 1.90. The van der Waals surface area contributed by atoms with Crippen LogP contribution in [0.25, 0.3) is 10.2 Å². The zero-order valence-corrected chi connectivity index (χ0v) is 16.3. The van der Waals surface area contributed by atoms with Gasteiger partial charge in [-0.3, -0.25) is 0 Å². The minimum Gasteiger partial charge on any atom is -0.493 e. The van der Waals surface area contributed by atoms with Gasteiger partial charge in [0.15, 0.2) is 11.5 Å². The SMILES string of the molecule is COc1cc(/C(C)=N/N=c2/sc3ccccc3n2C)cc(OC)c1OC. The van der Waals surface area contributed by atoms with Crippen molar-refractivity contribution < 1.29 is 14.2 Å². The van der Waals surface area contributed by atoms with Crippen molar-refractivity contribution in [2.45, 2.75) is 6.92 Å². The Balaban J connectivity index is 2.05. The Kier molecular flexibility index (Phi) is 5.27. The summed E-state index contributed by atoms with van der Waals surface area (Å²) < 4.78 is 19.4. The molecule has 2 aromatic carbocycles. The van der Waals surface area contributed by atoms with Gasteiger partial charge in [-0.25, -0.2) is 0 Å². The van der Waals surface area contributed by atoms with Crippen LogP contribution in [-0.2, 0) is 7.05 Å². The maximum absolute atomic E-state index is 5.40. The highest BCUT2D eigenvalue weighted by Crippen LogP contribution is 2.38. The maximum Gasteiger partial charge on any atom is 0.211 e. The van der Waals surface area contributed by atoms with Crippen molar-refractivity contribution in [1.29, 1.82) is 0 Å². The minimum atomic E-state index is 0.555. The van der Waals surface area contributed by atoms with Crippen LogP contribution in [0.3, 0.4) is 0 Å². The molecule has 0 amide bonds. The molecule has 3 aromatic rings. The molecule has 0 saturated heterocycles. The van der Waals surface area contributed by atoms with E-state index in [1.165, 1.54) is 4.70 Å². The molecule has 0 spiro atoms. The smallest absolute Gasteiger partial charge is 0.211 e. The van der Waals surface area contributed by atoms with Gasteiger partial charge in [-0.1, -0.05) is 23.5 Å². The lowest BCUT2D eigenvalue weighted by Crippen LogP contribution is -2.09. The number of aryl methyl sites for hydroxylation is 1. The largest absolute Gasteiger partial charge is 0.493 e. The number of ether oxygens (including phenoxy) is 3. The van der Waals surface area contributed by atoms with Crippen LogP contribution in [0.5, 0.6) is 17.2 Å². The molecule has 7 heteroatoms. The first-order valence-electron chi connectivity index (χ1n) is 8.02. The molecule has 0 atom stereocenters. The fourth-order valence-electron chi connectivity index (χ4n) is 2.64. The van der Waals surface area contributed by atoms with Crippen molar-refractivity contribution in [3.8, 4) is 17.2 Å². The number of hydrogen-bond donors (Lipinski definition) is 0. The molecule has 0 aliphatic heterocycles. The first-order chi connectivity index (χ1) is 12.6. The van der Waals surface area contributed by atoms with Crippen molar-refractivity contribution in [2.75, 3.05) is 21.3 Å². The number of hydrogen-bond acceptors (Lipinski definition) is 6. The zero-order chi connectivity index (χ0) is 18.7. The molecule has 3 rings (SSSR count). The van der Waals surface area contributed by atoms with Gasteiger partial charge in [0.1, 0.15) is 0 Å². The van der Waals surface area contributed by atoms with Crippen molar-refractivity contribution in [3.05, 3.63) is 46.8 Å². The lowest BCUT2D eigenvalue weighted by Gasteiger charge is -2.13. The summed E-state index contributed by atoms with van der Waals surface area (Å²) in [5.41, 5.74) is 2.74. The van der Waals surface area contributed by atoms with E-state index in [0.717, 1.165) is 21.6 Å². The summed E-state index contributed by atoms with van der Waals surface area (Å²) in [5.74, 6) is 1.73. The van der Waals surface area contributed by atoms with Crippen LogP contribution in [0, 0.1) is 0 Å². The van der Waals surface area contributed by atoms with E-state index in [2.05, 4.69) is 22.3 Å². The molecule has 26 heavy (non-hydrogen) atoms. The van der Waals surface area contributed by atoms with E-state index in [1.54, 1.807) is 32.7 Å². The van der Waals surface area contributed by atoms with Gasteiger partial charge in [0.2, 0.25) is 10.6 Å². The number of nitrogens with zero attached hydrogens (tertiary/aromatic N) is 3. The number of methoxy groups -OCH3 is 3. The molecule has 0 fully saturated rings. The molecule has 0 saturated carbocycles. The van der Waals surface area contributed by atoms with Gasteiger partial charge in [-0.15, -0.1) is 5.10 Å². The first-order valence-corrected chi connectivity index (χ1v) is 8.84. The van der Waals surface area contributed by atoms with Crippen molar-refractivity contribution >= 4 is 27.3 Å². The number of benzene rings is 2. The molecule has 0 N–H and O–H groups in total. The van der Waals surface area contributed by atoms with Gasteiger partial charge >= 0.3 is 0 Å². The number of aromatic nitrogens is 1. The molecular weight excluding hydrogens is 350 g/mol. The molecule has 0 radical (unpaired) electrons. The monoisotopic (exact) mass is 371 g/mol. The molecule has 0 unspecified atom stereocenters. The fourth-order valence-corrected chi connectivity index (χ4v) is 3.61. The Morgan fingerprint density at radius 1 is 1.00 bits per heavy atom. The van der Waals surface area contributed by atoms with Gasteiger partial charge in [-0.05, 0) is 31.2 Å². The zero-order valence-electron chi connectivity index (χ0n) is 15.4. The van der Waals surface area contributed by atoms with Crippen LogP contribution >= 0.6 is 11.3 Å². The third-order valence-corrected chi connectivity index (χ3v) is 5.19. The second-order valence-electron chi connectivity index (χ2n) is 5.61. The van der Waals surface area contributed by atoms with E-state index < -0.39 is 0 Å². The predicted molar refractivity (Wildman–Crippen MR) is 105 cm³/mol. The van der Waals surface area contributed by atoms with E-state index in [9.17, 15) is 0 Å². The molecular formula is C19H21N3O3S. The summed E-state index contributed by atoms with van der Waals surface area (Å²) in [6, 6.07) is 11.9. The Morgan fingerprint density at radius 3 is 2.23 bits per heavy atom. The highest BCUT2D eigenvalue weighted by Gasteiger charge is 2.14. The number of fused-ring (bicyclic) bond motifs is 1. The lowest BCUT2D eigenvalue weighted by molar-refractivity contribution is 0.324. The first kappa shape index (κ1) is 18.0. The maximum atomic E-state index is 5.40. The Bertz CT molecular complexity index is 1010. The Hall–Kier alpha value is -2.80. The van der Waals surface area contributed by atoms with E-state index in [-0.39, 0.29) is 0 Å². The standard InChI is InChI=1S/C19H21N3O3S/c1-12(13-10-15(23-3)18(25-5)16(11-13)24-4)20-21-19-22(2)14-8-6-7-9-17(14)26-19/h6-11H,1-5H3/b20-12+,21-19+. The molecule has 0 aliphatic carbocycles. The van der Waals surface area contributed by atoms with E-state index in [0.29, 0.717) is 17.2 Å². The third kappa shape index (κ3) is 3.30. The van der Waals surface area contributed by atoms with E-state index >= 15 is 0 Å². The molecule has 136 valence electrons. The van der Waals surface area contributed by atoms with Gasteiger partial charge < -0.3 is 18.8 Å². The summed E-state index contributed by atoms with van der Waals surface area (Å²) >= 11 is 1.60. The van der Waals surface area contributed by atoms with Crippen LogP contribution < -0.4 is 19.0 Å². The van der Waals surface area contributed by atoms with E-state index in [1.807, 2.05) is 42.8 Å². The summed E-state index contributed by atoms with van der Waals surface area (Å²) in [6.07, 6.45) is 0. The molecule has 6 nitrogen and oxygen atoms in total. The minimum absolute atomic E-state index is 0.555. The quantitative estimate of drug-likeness (QED) is 0.509. The summed E-state index contributed by atoms with van der Waals surface area (Å²) in [7, 11) is 6.75. The normalized spacial score (nSPS) is 12.5. The van der Waals surface area contributed by atoms with Crippen LogP contribution in [0.1, 0.15) is 12.5 Å². The van der Waals surface area contributed by atoms with Crippen LogP contribution in [0.15, 0.2) is 46.6 Å². The fraction of sp³-hybridized carbons (Fsp3) is 0.263. The highest BCUT2D eigenvalue weighted by atomic mass is 32.1. The summed E-state index contributed by atoms with van der Waals surface area (Å²) in [5, 5.41) is 8.84. The molecule has 0 bridgehead atoms. The Morgan fingerprint density at radius 2 is 1.65 bits per heavy atom. The van der Waals surface area contributed by atoms with Gasteiger partial charge in [0.25, 0.3) is 0 Å². The average Bonchev–Trinajstić information content (AvgIpc) is 3.00. The van der Waals surface area contributed by atoms with Gasteiger partial charge in [-0.2, -0.15) is 5.10 Å². The second-order valence-corrected chi connectivity index (χ2v) is 6.62. The number of rotatable bonds is 5. The number of para-hydroxylation sites is 1. The van der Waals surface area contributed by atoms with Crippen LogP contribution in [-0.4, -0.2) is 31.6 Å². The van der Waals surface area contributed by atoms with Gasteiger partial charge in [0.05, 0.1) is 37.3 Å². The molecule has 0 aliphatic rings. The number of thiazole rings is 1. The van der Waals surface area contributed by atoms with Crippen LogP contribution in [0.4, 0.5) is 0 Å². The highest BCUT2D eigenvalue weighted by molar-refractivity contribution is 7.16. The summed E-state index contributed by atoms with van der Waals surface area (Å²) in [4.78, 5) is 0.831. The van der Waals surface area contributed by atoms with Crippen molar-refractivity contribution in [1.82, 2.24) is 4.57 Å². The van der Waals surface area contributed by atoms with E-state index in [4.69, 9.17) is 14.2 Å². The van der Waals surface area contributed by atoms with Gasteiger partial charge in [0, 0.05) is 12.6 Å². The molecule has 1 heterocycles. The average molecular weight is 371 g/mol. The lowest BCUT2D eigenvalue weighted by atomic mass is 10.1. The topological polar surface area (TPSA) is 57.3 Å². The predicted octanol–water partition coefficient (Wildman–Crippen LogP) is 3.59. The van der Waals surface area contributed by atoms with Crippen LogP contribution in [0.2, 0.25) is 0 Å². The van der Waals surface area contributed by atoms with Crippen molar-refractivity contribution in [2.24, 2.45) is 17.3 Å². The van der Waals surface area contributed by atoms with Crippen molar-refractivity contribution in [3.63, 3.8) is 0 Å². The second kappa shape index (κ2) is 7.61.